The van der Waals surface area contributed by atoms with Gasteiger partial charge in [-0.2, -0.15) is 0 Å². The van der Waals surface area contributed by atoms with Gasteiger partial charge in [-0.1, -0.05) is 44.8 Å². The molecular weight excluding hydrogens is 508 g/mol. The lowest BCUT2D eigenvalue weighted by molar-refractivity contribution is -0.757. The topological polar surface area (TPSA) is 165 Å². The molecule has 1 aliphatic rings. The van der Waals surface area contributed by atoms with Crippen LogP contribution in [0.15, 0.2) is 12.2 Å². The second-order valence-electron chi connectivity index (χ2n) is 10.4. The Hall–Kier alpha value is -2.53. The van der Waals surface area contributed by atoms with Crippen LogP contribution in [0.4, 0.5) is 0 Å². The number of hydrogen-bond donors (Lipinski definition) is 3. The molecular formula is C28H48N2O9. The number of esters is 1. The summed E-state index contributed by atoms with van der Waals surface area (Å²) in [4.78, 5) is 50.4. The number of Topliss-reactive ketones (excluding diaryl/α,β-unsaturated/α-hetero) is 1. The first-order valence-electron chi connectivity index (χ1n) is 14.4. The molecule has 0 radical (unpaired) electrons. The molecule has 0 aromatic carbocycles. The van der Waals surface area contributed by atoms with Crippen LogP contribution in [0, 0.1) is 22.0 Å². The van der Waals surface area contributed by atoms with Crippen LogP contribution in [0.5, 0.6) is 0 Å². The van der Waals surface area contributed by atoms with Crippen LogP contribution >= 0.6 is 0 Å². The van der Waals surface area contributed by atoms with Gasteiger partial charge in [0, 0.05) is 25.7 Å². The summed E-state index contributed by atoms with van der Waals surface area (Å²) in [6.07, 6.45) is 12.5. The van der Waals surface area contributed by atoms with E-state index in [2.05, 4.69) is 17.1 Å². The highest BCUT2D eigenvalue weighted by Crippen LogP contribution is 2.38. The average Bonchev–Trinajstić information content (AvgIpc) is 3.15. The number of nitrogens with one attached hydrogen (secondary N) is 1. The van der Waals surface area contributed by atoms with Crippen molar-refractivity contribution in [1.29, 1.82) is 0 Å². The van der Waals surface area contributed by atoms with Crippen LogP contribution in [-0.2, 0) is 24.0 Å². The normalized spacial score (nSPS) is 21.5. The molecule has 3 N–H and O–H groups in total. The zero-order valence-electron chi connectivity index (χ0n) is 23.6. The summed E-state index contributed by atoms with van der Waals surface area (Å²) in [6.45, 7) is 3.46. The lowest BCUT2D eigenvalue weighted by Crippen LogP contribution is -2.39. The van der Waals surface area contributed by atoms with Crippen molar-refractivity contribution >= 4 is 17.7 Å². The average molecular weight is 557 g/mol. The summed E-state index contributed by atoms with van der Waals surface area (Å²) in [5.74, 6) is -0.854. The van der Waals surface area contributed by atoms with Crippen molar-refractivity contribution in [2.45, 2.75) is 122 Å². The molecule has 11 heteroatoms. The molecule has 1 rings (SSSR count). The molecule has 0 saturated heterocycles. The Kier molecular flexibility index (Phi) is 18.0. The molecule has 1 amide bonds. The van der Waals surface area contributed by atoms with Crippen molar-refractivity contribution in [2.24, 2.45) is 11.8 Å². The minimum Gasteiger partial charge on any atom is -0.464 e. The molecule has 0 bridgehead atoms. The summed E-state index contributed by atoms with van der Waals surface area (Å²) >= 11 is 0. The predicted molar refractivity (Wildman–Crippen MR) is 145 cm³/mol. The molecule has 0 heterocycles. The van der Waals surface area contributed by atoms with E-state index in [0.29, 0.717) is 44.9 Å². The van der Waals surface area contributed by atoms with Gasteiger partial charge < -0.3 is 25.1 Å². The number of carbonyl (C=O) groups is 3. The van der Waals surface area contributed by atoms with Gasteiger partial charge in [0.25, 0.3) is 5.09 Å². The van der Waals surface area contributed by atoms with E-state index in [9.17, 15) is 34.7 Å². The zero-order chi connectivity index (χ0) is 29.0. The number of allylic oxidation sites excluding steroid dienone is 2. The van der Waals surface area contributed by atoms with Crippen molar-refractivity contribution in [3.8, 4) is 0 Å². The highest BCUT2D eigenvalue weighted by Gasteiger charge is 2.40. The Morgan fingerprint density at radius 2 is 1.69 bits per heavy atom. The molecule has 0 spiro atoms. The number of unbranched alkanes of at least 4 members (excludes halogenated alkanes) is 5. The molecule has 1 saturated carbocycles. The number of ether oxygens (including phenoxy) is 1. The number of ketones is 1. The first kappa shape index (κ1) is 34.5. The number of amides is 1. The predicted octanol–water partition coefficient (Wildman–Crippen LogP) is 3.82. The van der Waals surface area contributed by atoms with Crippen molar-refractivity contribution < 1.29 is 39.3 Å². The van der Waals surface area contributed by atoms with E-state index in [1.54, 1.807) is 0 Å². The molecule has 1 unspecified atom stereocenters. The van der Waals surface area contributed by atoms with Crippen LogP contribution in [0.3, 0.4) is 0 Å². The van der Waals surface area contributed by atoms with E-state index < -0.39 is 29.3 Å². The first-order valence-corrected chi connectivity index (χ1v) is 14.4. The van der Waals surface area contributed by atoms with Crippen molar-refractivity contribution in [1.82, 2.24) is 5.32 Å². The third-order valence-corrected chi connectivity index (χ3v) is 7.15. The smallest absolute Gasteiger partial charge is 0.328 e. The molecule has 5 atom stereocenters. The quantitative estimate of drug-likeness (QED) is 0.0591. The number of aliphatic hydroxyl groups excluding tert-OH is 2. The molecule has 224 valence electrons. The number of hydrogen-bond acceptors (Lipinski definition) is 9. The highest BCUT2D eigenvalue weighted by molar-refractivity contribution is 5.84. The van der Waals surface area contributed by atoms with Crippen LogP contribution in [0.2, 0.25) is 0 Å². The van der Waals surface area contributed by atoms with Crippen molar-refractivity contribution in [2.75, 3.05) is 13.2 Å². The number of aliphatic hydroxyl groups is 2. The Bertz CT molecular complexity index is 774. The van der Waals surface area contributed by atoms with E-state index in [1.165, 1.54) is 19.8 Å². The van der Waals surface area contributed by atoms with Gasteiger partial charge in [-0.25, -0.2) is 4.79 Å². The molecule has 0 aromatic heterocycles. The second kappa shape index (κ2) is 20.4. The lowest BCUT2D eigenvalue weighted by Gasteiger charge is -2.22. The van der Waals surface area contributed by atoms with E-state index >= 15 is 0 Å². The van der Waals surface area contributed by atoms with Gasteiger partial charge in [0.05, 0.1) is 25.4 Å². The van der Waals surface area contributed by atoms with Gasteiger partial charge in [-0.15, -0.1) is 10.1 Å². The number of carbonyl (C=O) groups excluding carboxylic acids is 3. The van der Waals surface area contributed by atoms with Gasteiger partial charge in [0.1, 0.15) is 11.8 Å². The molecule has 11 nitrogen and oxygen atoms in total. The second-order valence-corrected chi connectivity index (χ2v) is 10.4. The summed E-state index contributed by atoms with van der Waals surface area (Å²) in [5, 5.41) is 32.5. The van der Waals surface area contributed by atoms with Gasteiger partial charge in [-0.05, 0) is 57.3 Å². The lowest BCUT2D eigenvalue weighted by atomic mass is 9.86. The highest BCUT2D eigenvalue weighted by atomic mass is 16.9. The molecule has 0 aliphatic heterocycles. The van der Waals surface area contributed by atoms with Crippen LogP contribution in [0.25, 0.3) is 0 Å². The summed E-state index contributed by atoms with van der Waals surface area (Å²) in [5.41, 5.74) is 0. The number of nitrogens with zero attached hydrogens (tertiary/aromatic N) is 1. The maximum absolute atomic E-state index is 12.3. The van der Waals surface area contributed by atoms with E-state index in [0.717, 1.165) is 19.3 Å². The number of rotatable bonds is 22. The monoisotopic (exact) mass is 556 g/mol. The first-order chi connectivity index (χ1) is 18.6. The maximum Gasteiger partial charge on any atom is 0.328 e. The van der Waals surface area contributed by atoms with Gasteiger partial charge in [0.15, 0.2) is 0 Å². The third kappa shape index (κ3) is 15.6. The SMILES string of the molecule is CCCCCCCC(=O)CC[C@@H]1[C@@H](CC=CCCCC(=O)NC(C)C(=O)OCCCO[N+](=O)[O-])[C@@H](O)C[C@H]1O. The fraction of sp³-hybridized carbons (Fsp3) is 0.821. The Morgan fingerprint density at radius 1 is 0.974 bits per heavy atom. The zero-order valence-corrected chi connectivity index (χ0v) is 23.6. The Balaban J connectivity index is 2.26. The summed E-state index contributed by atoms with van der Waals surface area (Å²) in [6, 6.07) is -0.829. The fourth-order valence-electron chi connectivity index (χ4n) is 4.90. The van der Waals surface area contributed by atoms with E-state index in [-0.39, 0.29) is 49.6 Å². The van der Waals surface area contributed by atoms with Gasteiger partial charge in [-0.3, -0.25) is 9.59 Å². The van der Waals surface area contributed by atoms with Crippen LogP contribution in [-0.4, -0.2) is 64.4 Å². The molecule has 1 aliphatic carbocycles. The largest absolute Gasteiger partial charge is 0.464 e. The Morgan fingerprint density at radius 3 is 2.41 bits per heavy atom. The van der Waals surface area contributed by atoms with Crippen LogP contribution < -0.4 is 5.32 Å². The minimum absolute atomic E-state index is 0.0410. The molecule has 1 fully saturated rings. The fourth-order valence-corrected chi connectivity index (χ4v) is 4.90. The van der Waals surface area contributed by atoms with Crippen molar-refractivity contribution in [3.63, 3.8) is 0 Å². The summed E-state index contributed by atoms with van der Waals surface area (Å²) < 4.78 is 4.95. The van der Waals surface area contributed by atoms with Gasteiger partial charge >= 0.3 is 5.97 Å². The van der Waals surface area contributed by atoms with Crippen molar-refractivity contribution in [3.05, 3.63) is 22.3 Å². The van der Waals surface area contributed by atoms with E-state index in [1.807, 2.05) is 12.2 Å². The van der Waals surface area contributed by atoms with E-state index in [4.69, 9.17) is 4.74 Å². The minimum atomic E-state index is -0.916. The molecule has 0 aromatic rings. The van der Waals surface area contributed by atoms with Crippen LogP contribution in [0.1, 0.15) is 104 Å². The van der Waals surface area contributed by atoms with Gasteiger partial charge in [0.2, 0.25) is 5.91 Å². The summed E-state index contributed by atoms with van der Waals surface area (Å²) in [7, 11) is 0. The maximum atomic E-state index is 12.3. The Labute approximate surface area is 231 Å². The molecule has 39 heavy (non-hydrogen) atoms. The third-order valence-electron chi connectivity index (χ3n) is 7.15. The standard InChI is InChI=1S/C28H48N2O9/c1-3-4-5-6-9-13-22(31)16-17-24-23(25(32)20-26(24)33)14-10-7-8-11-15-27(34)29-21(2)28(35)38-18-12-19-39-30(36)37/h7,10,21,23-26,32-33H,3-6,8-9,11-20H2,1-2H3,(H,29,34)/t21?,23-,24-,25+,26-/m1/s1.